The summed E-state index contributed by atoms with van der Waals surface area (Å²) in [6, 6.07) is 2.56. The minimum absolute atomic E-state index is 0. The van der Waals surface area contributed by atoms with E-state index in [4.69, 9.17) is 22.1 Å². The molecule has 1 amide bonds. The molecule has 0 radical (unpaired) electrons. The lowest BCUT2D eigenvalue weighted by molar-refractivity contribution is -0.253. The minimum atomic E-state index is -4.80. The van der Waals surface area contributed by atoms with E-state index in [0.717, 1.165) is 4.90 Å². The van der Waals surface area contributed by atoms with Crippen molar-refractivity contribution in [3.63, 3.8) is 0 Å². The molecule has 1 aliphatic rings. The summed E-state index contributed by atoms with van der Waals surface area (Å²) in [4.78, 5) is 13.3. The van der Waals surface area contributed by atoms with Gasteiger partial charge in [0.15, 0.2) is 5.60 Å². The van der Waals surface area contributed by atoms with E-state index >= 15 is 0 Å². The Hall–Kier alpha value is -1.38. The number of ether oxygens (including phenoxy) is 1. The molecule has 1 saturated heterocycles. The highest BCUT2D eigenvalue weighted by molar-refractivity contribution is 6.33. The summed E-state index contributed by atoms with van der Waals surface area (Å²) in [7, 11) is 1.30. The molecule has 1 aliphatic heterocycles. The molecule has 1 aromatic rings. The number of hydrogen-bond acceptors (Lipinski definition) is 4. The second-order valence-electron chi connectivity index (χ2n) is 5.08. The number of likely N-dealkylation sites (tertiary alicyclic amines) is 1. The molecule has 5 nitrogen and oxygen atoms in total. The summed E-state index contributed by atoms with van der Waals surface area (Å²) in [5.74, 6) is -0.603. The molecular formula is C13H15Cl2F3N2O3. The van der Waals surface area contributed by atoms with E-state index < -0.39 is 30.7 Å². The Morgan fingerprint density at radius 2 is 2.09 bits per heavy atom. The van der Waals surface area contributed by atoms with Crippen LogP contribution in [-0.4, -0.2) is 47.9 Å². The Kier molecular flexibility index (Phi) is 5.66. The van der Waals surface area contributed by atoms with Crippen molar-refractivity contribution in [1.82, 2.24) is 4.90 Å². The fourth-order valence-electron chi connectivity index (χ4n) is 2.27. The molecule has 0 bridgehead atoms. The summed E-state index contributed by atoms with van der Waals surface area (Å²) in [5, 5.41) is 9.72. The van der Waals surface area contributed by atoms with E-state index in [1.165, 1.54) is 19.2 Å². The van der Waals surface area contributed by atoms with Gasteiger partial charge in [0.05, 0.1) is 29.9 Å². The van der Waals surface area contributed by atoms with Crippen molar-refractivity contribution in [3.05, 3.63) is 22.7 Å². The number of anilines is 1. The number of aliphatic hydroxyl groups is 1. The Bertz CT molecular complexity index is 613. The van der Waals surface area contributed by atoms with E-state index in [1.54, 1.807) is 0 Å². The lowest BCUT2D eigenvalue weighted by Gasteiger charge is -2.26. The van der Waals surface area contributed by atoms with Crippen LogP contribution in [0.1, 0.15) is 16.8 Å². The smallest absolute Gasteiger partial charge is 0.419 e. The second-order valence-corrected chi connectivity index (χ2v) is 5.49. The van der Waals surface area contributed by atoms with E-state index in [2.05, 4.69) is 0 Å². The summed E-state index contributed by atoms with van der Waals surface area (Å²) in [6.45, 7) is -1.06. The number of carbonyl (C=O) groups excluding carboxylic acids is 1. The number of nitrogens with zero attached hydrogens (tertiary/aromatic N) is 1. The normalized spacial score (nSPS) is 21.0. The average molecular weight is 375 g/mol. The van der Waals surface area contributed by atoms with Gasteiger partial charge in [-0.2, -0.15) is 13.2 Å². The zero-order valence-electron chi connectivity index (χ0n) is 12.0. The molecule has 1 unspecified atom stereocenters. The second kappa shape index (κ2) is 6.62. The van der Waals surface area contributed by atoms with Crippen molar-refractivity contribution in [2.24, 2.45) is 0 Å². The van der Waals surface area contributed by atoms with Gasteiger partial charge in [-0.15, -0.1) is 12.4 Å². The maximum absolute atomic E-state index is 12.8. The van der Waals surface area contributed by atoms with E-state index in [9.17, 15) is 23.1 Å². The molecule has 2 rings (SSSR count). The molecule has 0 spiro atoms. The summed E-state index contributed by atoms with van der Waals surface area (Å²) in [6.07, 6.45) is -5.38. The molecular weight excluding hydrogens is 360 g/mol. The molecule has 0 saturated carbocycles. The van der Waals surface area contributed by atoms with Gasteiger partial charge in [-0.05, 0) is 6.07 Å². The maximum Gasteiger partial charge on any atom is 0.419 e. The number of nitrogens with two attached hydrogens (primary N) is 1. The van der Waals surface area contributed by atoms with Crippen molar-refractivity contribution in [3.8, 4) is 5.75 Å². The van der Waals surface area contributed by atoms with Gasteiger partial charge in [-0.25, -0.2) is 0 Å². The molecule has 1 heterocycles. The van der Waals surface area contributed by atoms with E-state index in [1.807, 2.05) is 0 Å². The SMILES string of the molecule is COc1cc(N)c(Cl)cc1C(=O)N1CCC(O)(C(F)(F)F)C1.Cl. The van der Waals surface area contributed by atoms with Crippen LogP contribution in [0.25, 0.3) is 0 Å². The third kappa shape index (κ3) is 3.59. The summed E-state index contributed by atoms with van der Waals surface area (Å²) >= 11 is 5.84. The zero-order chi connectivity index (χ0) is 16.7. The molecule has 1 fully saturated rings. The van der Waals surface area contributed by atoms with Crippen LogP contribution in [0.15, 0.2) is 12.1 Å². The van der Waals surface area contributed by atoms with Gasteiger partial charge < -0.3 is 20.5 Å². The third-order valence-electron chi connectivity index (χ3n) is 3.61. The van der Waals surface area contributed by atoms with Crippen molar-refractivity contribution in [1.29, 1.82) is 0 Å². The van der Waals surface area contributed by atoms with Gasteiger partial charge in [-0.3, -0.25) is 4.79 Å². The standard InChI is InChI=1S/C13H14ClF3N2O3.ClH/c1-22-10-5-9(18)8(14)4-7(10)11(20)19-3-2-12(21,6-19)13(15,16)17;/h4-5,21H,2-3,6,18H2,1H3;1H. The Balaban J connectivity index is 0.00000264. The van der Waals surface area contributed by atoms with Crippen LogP contribution in [0.3, 0.4) is 0 Å². The molecule has 23 heavy (non-hydrogen) atoms. The van der Waals surface area contributed by atoms with Crippen LogP contribution in [0.4, 0.5) is 18.9 Å². The van der Waals surface area contributed by atoms with Gasteiger partial charge in [0.2, 0.25) is 0 Å². The molecule has 130 valence electrons. The number of carbonyl (C=O) groups is 1. The zero-order valence-corrected chi connectivity index (χ0v) is 13.6. The lowest BCUT2D eigenvalue weighted by Crippen LogP contribution is -2.48. The number of methoxy groups -OCH3 is 1. The molecule has 0 aliphatic carbocycles. The molecule has 10 heteroatoms. The lowest BCUT2D eigenvalue weighted by atomic mass is 10.0. The highest BCUT2D eigenvalue weighted by atomic mass is 35.5. The van der Waals surface area contributed by atoms with Crippen molar-refractivity contribution >= 4 is 35.6 Å². The first kappa shape index (κ1) is 19.7. The first-order chi connectivity index (χ1) is 10.1. The van der Waals surface area contributed by atoms with Crippen LogP contribution in [-0.2, 0) is 0 Å². The fourth-order valence-corrected chi connectivity index (χ4v) is 2.44. The maximum atomic E-state index is 12.8. The number of rotatable bonds is 2. The molecule has 0 aromatic heterocycles. The van der Waals surface area contributed by atoms with E-state index in [0.29, 0.717) is 0 Å². The van der Waals surface area contributed by atoms with Crippen LogP contribution in [0.2, 0.25) is 5.02 Å². The van der Waals surface area contributed by atoms with Gasteiger partial charge in [-0.1, -0.05) is 11.6 Å². The minimum Gasteiger partial charge on any atom is -0.496 e. The predicted molar refractivity (Wildman–Crippen MR) is 81.2 cm³/mol. The number of hydrogen-bond donors (Lipinski definition) is 2. The third-order valence-corrected chi connectivity index (χ3v) is 3.94. The topological polar surface area (TPSA) is 75.8 Å². The van der Waals surface area contributed by atoms with Crippen LogP contribution < -0.4 is 10.5 Å². The Labute approximate surface area is 141 Å². The van der Waals surface area contributed by atoms with E-state index in [-0.39, 0.29) is 41.0 Å². The number of β-amino-alcohol motifs (C(OH)–C–C–N with tert-alkyl or cyclic N) is 1. The Morgan fingerprint density at radius 3 is 2.57 bits per heavy atom. The average Bonchev–Trinajstić information content (AvgIpc) is 2.84. The molecule has 1 aromatic carbocycles. The van der Waals surface area contributed by atoms with Gasteiger partial charge in [0.1, 0.15) is 5.75 Å². The van der Waals surface area contributed by atoms with Crippen molar-refractivity contribution in [2.75, 3.05) is 25.9 Å². The predicted octanol–water partition coefficient (Wildman–Crippen LogP) is 2.49. The summed E-state index contributed by atoms with van der Waals surface area (Å²) in [5.41, 5.74) is 2.88. The largest absolute Gasteiger partial charge is 0.496 e. The quantitative estimate of drug-likeness (QED) is 0.779. The van der Waals surface area contributed by atoms with Crippen LogP contribution >= 0.6 is 24.0 Å². The first-order valence-electron chi connectivity index (χ1n) is 6.30. The molecule has 3 N–H and O–H groups in total. The first-order valence-corrected chi connectivity index (χ1v) is 6.68. The fraction of sp³-hybridized carbons (Fsp3) is 0.462. The molecule has 1 atom stereocenters. The van der Waals surface area contributed by atoms with Crippen molar-refractivity contribution in [2.45, 2.75) is 18.2 Å². The number of halogens is 5. The van der Waals surface area contributed by atoms with Gasteiger partial charge >= 0.3 is 6.18 Å². The number of nitrogen functional groups attached to an aromatic ring is 1. The van der Waals surface area contributed by atoms with Gasteiger partial charge in [0, 0.05) is 19.0 Å². The van der Waals surface area contributed by atoms with Gasteiger partial charge in [0.25, 0.3) is 5.91 Å². The Morgan fingerprint density at radius 1 is 1.48 bits per heavy atom. The summed E-state index contributed by atoms with van der Waals surface area (Å²) < 4.78 is 43.4. The number of alkyl halides is 3. The van der Waals surface area contributed by atoms with Crippen LogP contribution in [0, 0.1) is 0 Å². The monoisotopic (exact) mass is 374 g/mol. The highest BCUT2D eigenvalue weighted by Crippen LogP contribution is 2.39. The van der Waals surface area contributed by atoms with Crippen molar-refractivity contribution < 1.29 is 27.8 Å². The number of benzene rings is 1. The highest BCUT2D eigenvalue weighted by Gasteiger charge is 2.57. The number of amides is 1. The van der Waals surface area contributed by atoms with Crippen LogP contribution in [0.5, 0.6) is 5.75 Å².